The molecule has 2 rings (SSSR count). The van der Waals surface area contributed by atoms with Crippen LogP contribution in [0.25, 0.3) is 0 Å². The molecule has 1 N–H and O–H groups in total. The molecule has 1 aliphatic carbocycles. The Morgan fingerprint density at radius 2 is 2.42 bits per heavy atom. The average molecular weight is 231 g/mol. The Balaban J connectivity index is 2.25. The lowest BCUT2D eigenvalue weighted by Crippen LogP contribution is -2.18. The van der Waals surface area contributed by atoms with Crippen LogP contribution in [0.3, 0.4) is 0 Å². The van der Waals surface area contributed by atoms with E-state index in [1.54, 1.807) is 6.20 Å². The van der Waals surface area contributed by atoms with Crippen LogP contribution in [0, 0.1) is 0 Å². The van der Waals surface area contributed by atoms with Crippen molar-refractivity contribution in [3.8, 4) is 0 Å². The number of aliphatic hydroxyl groups excluding tert-OH is 1. The standard InChI is InChI=1S/C8H11BrN2O/c9-8-6(5-12)4-10-11(8)7-2-1-3-7/h4,7,12H,1-3,5H2. The van der Waals surface area contributed by atoms with Gasteiger partial charge < -0.3 is 5.11 Å². The molecule has 4 heteroatoms. The largest absolute Gasteiger partial charge is 0.392 e. The van der Waals surface area contributed by atoms with E-state index in [1.165, 1.54) is 19.3 Å². The molecule has 0 spiro atoms. The van der Waals surface area contributed by atoms with Crippen LogP contribution in [0.5, 0.6) is 0 Å². The zero-order valence-corrected chi connectivity index (χ0v) is 8.29. The van der Waals surface area contributed by atoms with Gasteiger partial charge in [-0.3, -0.25) is 4.68 Å². The Kier molecular flexibility index (Phi) is 2.19. The van der Waals surface area contributed by atoms with Gasteiger partial charge in [-0.1, -0.05) is 0 Å². The highest BCUT2D eigenvalue weighted by Crippen LogP contribution is 2.34. The number of rotatable bonds is 2. The average Bonchev–Trinajstić information content (AvgIpc) is 2.30. The second-order valence-corrected chi connectivity index (χ2v) is 3.90. The van der Waals surface area contributed by atoms with Crippen LogP contribution in [0.15, 0.2) is 10.8 Å². The van der Waals surface area contributed by atoms with E-state index in [0.29, 0.717) is 6.04 Å². The van der Waals surface area contributed by atoms with Gasteiger partial charge in [-0.05, 0) is 35.2 Å². The number of nitrogens with zero attached hydrogens (tertiary/aromatic N) is 2. The first-order chi connectivity index (χ1) is 5.83. The van der Waals surface area contributed by atoms with Gasteiger partial charge in [0.15, 0.2) is 0 Å². The van der Waals surface area contributed by atoms with Crippen molar-refractivity contribution in [1.29, 1.82) is 0 Å². The predicted octanol–water partition coefficient (Wildman–Crippen LogP) is 1.86. The van der Waals surface area contributed by atoms with Gasteiger partial charge in [-0.15, -0.1) is 0 Å². The molecule has 0 bridgehead atoms. The highest BCUT2D eigenvalue weighted by Gasteiger charge is 2.22. The fourth-order valence-corrected chi connectivity index (χ4v) is 1.98. The lowest BCUT2D eigenvalue weighted by atomic mass is 9.93. The molecule has 0 radical (unpaired) electrons. The van der Waals surface area contributed by atoms with Crippen molar-refractivity contribution in [3.05, 3.63) is 16.4 Å². The van der Waals surface area contributed by atoms with E-state index in [-0.39, 0.29) is 6.61 Å². The van der Waals surface area contributed by atoms with Gasteiger partial charge in [0.1, 0.15) is 4.60 Å². The van der Waals surface area contributed by atoms with E-state index in [9.17, 15) is 0 Å². The molecule has 66 valence electrons. The Bertz CT molecular complexity index is 281. The molecule has 0 aliphatic heterocycles. The molecule has 1 saturated carbocycles. The summed E-state index contributed by atoms with van der Waals surface area (Å²) in [6, 6.07) is 0.555. The van der Waals surface area contributed by atoms with Crippen molar-refractivity contribution in [2.75, 3.05) is 0 Å². The quantitative estimate of drug-likeness (QED) is 0.843. The Morgan fingerprint density at radius 3 is 2.83 bits per heavy atom. The Hall–Kier alpha value is -0.350. The highest BCUT2D eigenvalue weighted by atomic mass is 79.9. The van der Waals surface area contributed by atoms with Crippen molar-refractivity contribution < 1.29 is 5.11 Å². The van der Waals surface area contributed by atoms with Crippen LogP contribution in [0.4, 0.5) is 0 Å². The number of aromatic nitrogens is 2. The third-order valence-corrected chi connectivity index (χ3v) is 3.27. The normalized spacial score (nSPS) is 17.8. The highest BCUT2D eigenvalue weighted by molar-refractivity contribution is 9.10. The van der Waals surface area contributed by atoms with Gasteiger partial charge in [0.2, 0.25) is 0 Å². The maximum Gasteiger partial charge on any atom is 0.109 e. The van der Waals surface area contributed by atoms with E-state index in [4.69, 9.17) is 5.11 Å². The zero-order chi connectivity index (χ0) is 8.55. The summed E-state index contributed by atoms with van der Waals surface area (Å²) in [5.41, 5.74) is 0.877. The Morgan fingerprint density at radius 1 is 1.67 bits per heavy atom. The maximum atomic E-state index is 8.92. The first-order valence-corrected chi connectivity index (χ1v) is 4.95. The van der Waals surface area contributed by atoms with E-state index >= 15 is 0 Å². The van der Waals surface area contributed by atoms with Gasteiger partial charge in [0.25, 0.3) is 0 Å². The van der Waals surface area contributed by atoms with Crippen LogP contribution in [0.1, 0.15) is 30.9 Å². The predicted molar refractivity (Wildman–Crippen MR) is 48.7 cm³/mol. The van der Waals surface area contributed by atoms with Crippen molar-refractivity contribution in [1.82, 2.24) is 9.78 Å². The molecule has 12 heavy (non-hydrogen) atoms. The molecule has 1 aromatic rings. The Labute approximate surface area is 79.5 Å². The van der Waals surface area contributed by atoms with Crippen molar-refractivity contribution in [2.45, 2.75) is 31.9 Å². The first kappa shape index (κ1) is 8.26. The lowest BCUT2D eigenvalue weighted by molar-refractivity contribution is 0.273. The van der Waals surface area contributed by atoms with Crippen molar-refractivity contribution in [2.24, 2.45) is 0 Å². The summed E-state index contributed by atoms with van der Waals surface area (Å²) in [6.45, 7) is 0.0628. The van der Waals surface area contributed by atoms with E-state index < -0.39 is 0 Å². The van der Waals surface area contributed by atoms with E-state index in [1.807, 2.05) is 4.68 Å². The molecule has 0 saturated heterocycles. The smallest absolute Gasteiger partial charge is 0.109 e. The van der Waals surface area contributed by atoms with E-state index in [2.05, 4.69) is 21.0 Å². The number of halogens is 1. The summed E-state index contributed by atoms with van der Waals surface area (Å²) in [5.74, 6) is 0. The number of aliphatic hydroxyl groups is 1. The molecule has 1 fully saturated rings. The lowest BCUT2D eigenvalue weighted by Gasteiger charge is -2.26. The van der Waals surface area contributed by atoms with Gasteiger partial charge in [-0.25, -0.2) is 0 Å². The van der Waals surface area contributed by atoms with Crippen molar-refractivity contribution in [3.63, 3.8) is 0 Å². The van der Waals surface area contributed by atoms with Crippen LogP contribution in [0.2, 0.25) is 0 Å². The zero-order valence-electron chi connectivity index (χ0n) is 6.70. The SMILES string of the molecule is OCc1cnn(C2CCC2)c1Br. The molecule has 1 aliphatic rings. The fraction of sp³-hybridized carbons (Fsp3) is 0.625. The summed E-state index contributed by atoms with van der Waals surface area (Å²) in [7, 11) is 0. The molecule has 0 unspecified atom stereocenters. The molecule has 1 heterocycles. The topological polar surface area (TPSA) is 38.1 Å². The van der Waals surface area contributed by atoms with Gasteiger partial charge in [0.05, 0.1) is 18.8 Å². The third-order valence-electron chi connectivity index (χ3n) is 2.40. The molecule has 0 amide bonds. The molecule has 3 nitrogen and oxygen atoms in total. The summed E-state index contributed by atoms with van der Waals surface area (Å²) in [6.07, 6.45) is 5.45. The van der Waals surface area contributed by atoms with Crippen LogP contribution in [-0.2, 0) is 6.61 Å². The van der Waals surface area contributed by atoms with E-state index in [0.717, 1.165) is 10.2 Å². The molecular weight excluding hydrogens is 220 g/mol. The van der Waals surface area contributed by atoms with Gasteiger partial charge in [-0.2, -0.15) is 5.10 Å². The van der Waals surface area contributed by atoms with Crippen molar-refractivity contribution >= 4 is 15.9 Å². The van der Waals surface area contributed by atoms with Crippen LogP contribution >= 0.6 is 15.9 Å². The summed E-state index contributed by atoms with van der Waals surface area (Å²) < 4.78 is 2.91. The summed E-state index contributed by atoms with van der Waals surface area (Å²) >= 11 is 3.43. The molecule has 0 atom stereocenters. The summed E-state index contributed by atoms with van der Waals surface area (Å²) in [5, 5.41) is 13.1. The molecule has 1 aromatic heterocycles. The second-order valence-electron chi connectivity index (χ2n) is 3.15. The minimum absolute atomic E-state index is 0.0628. The molecule has 0 aromatic carbocycles. The van der Waals surface area contributed by atoms with Gasteiger partial charge >= 0.3 is 0 Å². The number of hydrogen-bond donors (Lipinski definition) is 1. The maximum absolute atomic E-state index is 8.92. The van der Waals surface area contributed by atoms with Crippen LogP contribution in [-0.4, -0.2) is 14.9 Å². The second kappa shape index (κ2) is 3.18. The summed E-state index contributed by atoms with van der Waals surface area (Å²) in [4.78, 5) is 0. The number of hydrogen-bond acceptors (Lipinski definition) is 2. The third kappa shape index (κ3) is 1.19. The molecular formula is C8H11BrN2O. The van der Waals surface area contributed by atoms with Gasteiger partial charge in [0, 0.05) is 5.56 Å². The monoisotopic (exact) mass is 230 g/mol. The first-order valence-electron chi connectivity index (χ1n) is 4.15. The minimum atomic E-state index is 0.0628. The fourth-order valence-electron chi connectivity index (χ4n) is 1.37. The van der Waals surface area contributed by atoms with Crippen LogP contribution < -0.4 is 0 Å². The minimum Gasteiger partial charge on any atom is -0.392 e.